The van der Waals surface area contributed by atoms with Crippen molar-refractivity contribution < 1.29 is 29.4 Å². The monoisotopic (exact) mass is 269 g/mol. The molecule has 7 heteroatoms. The molecular formula is C12H15NO6. The highest BCUT2D eigenvalue weighted by Gasteiger charge is 2.40. The van der Waals surface area contributed by atoms with Crippen LogP contribution in [0.1, 0.15) is 26.7 Å². The molecule has 1 aliphatic heterocycles. The second-order valence-corrected chi connectivity index (χ2v) is 4.42. The lowest BCUT2D eigenvalue weighted by Crippen LogP contribution is -2.53. The first kappa shape index (κ1) is 14.9. The maximum Gasteiger partial charge on any atom is 0.332 e. The Hall–Kier alpha value is -2.18. The van der Waals surface area contributed by atoms with Crippen LogP contribution in [0.2, 0.25) is 0 Å². The average Bonchev–Trinajstić information content (AvgIpc) is 2.31. The summed E-state index contributed by atoms with van der Waals surface area (Å²) in [7, 11) is 0. The molecule has 19 heavy (non-hydrogen) atoms. The Labute approximate surface area is 109 Å². The van der Waals surface area contributed by atoms with Crippen LogP contribution in [0.4, 0.5) is 0 Å². The molecule has 1 rings (SSSR count). The molecule has 2 amide bonds. The molecule has 7 nitrogen and oxygen atoms in total. The third-order valence-electron chi connectivity index (χ3n) is 3.13. The average molecular weight is 269 g/mol. The van der Waals surface area contributed by atoms with E-state index in [0.717, 1.165) is 6.08 Å². The Balaban J connectivity index is 3.13. The van der Waals surface area contributed by atoms with E-state index in [-0.39, 0.29) is 5.57 Å². The van der Waals surface area contributed by atoms with E-state index in [9.17, 15) is 19.2 Å². The van der Waals surface area contributed by atoms with Crippen molar-refractivity contribution in [1.29, 1.82) is 0 Å². The zero-order valence-corrected chi connectivity index (χ0v) is 10.6. The number of carboxylic acids is 2. The number of hydrogen-bond donors (Lipinski definition) is 2. The molecule has 1 heterocycles. The van der Waals surface area contributed by atoms with Crippen molar-refractivity contribution in [3.8, 4) is 0 Å². The SMILES string of the molecule is CCC(C)C(C(=O)O)N1C(=O)C=C(C(=O)O)CC1=O. The van der Waals surface area contributed by atoms with Crippen molar-refractivity contribution in [1.82, 2.24) is 4.90 Å². The van der Waals surface area contributed by atoms with Gasteiger partial charge in [0.25, 0.3) is 5.91 Å². The van der Waals surface area contributed by atoms with Crippen molar-refractivity contribution in [2.24, 2.45) is 5.92 Å². The van der Waals surface area contributed by atoms with Crippen LogP contribution in [0, 0.1) is 5.92 Å². The van der Waals surface area contributed by atoms with Crippen molar-refractivity contribution in [2.45, 2.75) is 32.7 Å². The van der Waals surface area contributed by atoms with Crippen LogP contribution in [0.25, 0.3) is 0 Å². The Morgan fingerprint density at radius 2 is 1.95 bits per heavy atom. The molecule has 2 atom stereocenters. The van der Waals surface area contributed by atoms with Crippen molar-refractivity contribution in [3.05, 3.63) is 11.6 Å². The normalized spacial score (nSPS) is 18.8. The van der Waals surface area contributed by atoms with E-state index in [0.29, 0.717) is 11.3 Å². The van der Waals surface area contributed by atoms with Gasteiger partial charge < -0.3 is 10.2 Å². The second-order valence-electron chi connectivity index (χ2n) is 4.42. The number of amides is 2. The summed E-state index contributed by atoms with van der Waals surface area (Å²) in [6, 6.07) is -1.27. The minimum absolute atomic E-state index is 0.320. The number of aliphatic carboxylic acids is 2. The highest BCUT2D eigenvalue weighted by Crippen LogP contribution is 2.22. The van der Waals surface area contributed by atoms with Gasteiger partial charge in [0.05, 0.1) is 12.0 Å². The van der Waals surface area contributed by atoms with Gasteiger partial charge in [-0.15, -0.1) is 0 Å². The lowest BCUT2D eigenvalue weighted by Gasteiger charge is -2.32. The van der Waals surface area contributed by atoms with Gasteiger partial charge >= 0.3 is 11.9 Å². The fourth-order valence-corrected chi connectivity index (χ4v) is 1.90. The molecule has 0 aliphatic carbocycles. The van der Waals surface area contributed by atoms with Crippen LogP contribution in [-0.4, -0.2) is 44.9 Å². The number of carbonyl (C=O) groups excluding carboxylic acids is 2. The van der Waals surface area contributed by atoms with Crippen LogP contribution >= 0.6 is 0 Å². The van der Waals surface area contributed by atoms with Gasteiger partial charge in [-0.05, 0) is 5.92 Å². The molecular weight excluding hydrogens is 254 g/mol. The molecule has 0 aromatic heterocycles. The molecule has 0 aromatic carbocycles. The summed E-state index contributed by atoms with van der Waals surface area (Å²) in [6.07, 6.45) is 0.812. The molecule has 0 saturated carbocycles. The molecule has 2 unspecified atom stereocenters. The first-order valence-electron chi connectivity index (χ1n) is 5.82. The highest BCUT2D eigenvalue weighted by atomic mass is 16.4. The minimum atomic E-state index is -1.35. The van der Waals surface area contributed by atoms with Crippen molar-refractivity contribution in [3.63, 3.8) is 0 Å². The van der Waals surface area contributed by atoms with Crippen LogP contribution in [0.15, 0.2) is 11.6 Å². The lowest BCUT2D eigenvalue weighted by atomic mass is 9.95. The predicted octanol–water partition coefficient (Wildman–Crippen LogP) is 0.256. The summed E-state index contributed by atoms with van der Waals surface area (Å²) >= 11 is 0. The summed E-state index contributed by atoms with van der Waals surface area (Å²) in [4.78, 5) is 46.2. The minimum Gasteiger partial charge on any atom is -0.480 e. The quantitative estimate of drug-likeness (QED) is 0.692. The Morgan fingerprint density at radius 3 is 2.32 bits per heavy atom. The zero-order valence-electron chi connectivity index (χ0n) is 10.6. The van der Waals surface area contributed by atoms with E-state index in [2.05, 4.69) is 0 Å². The summed E-state index contributed by atoms with van der Waals surface area (Å²) in [5.74, 6) is -4.72. The van der Waals surface area contributed by atoms with E-state index < -0.39 is 42.1 Å². The van der Waals surface area contributed by atoms with Crippen LogP contribution in [-0.2, 0) is 19.2 Å². The number of nitrogens with zero attached hydrogens (tertiary/aromatic N) is 1. The molecule has 0 fully saturated rings. The van der Waals surface area contributed by atoms with Crippen LogP contribution < -0.4 is 0 Å². The smallest absolute Gasteiger partial charge is 0.332 e. The Morgan fingerprint density at radius 1 is 1.37 bits per heavy atom. The summed E-state index contributed by atoms with van der Waals surface area (Å²) in [5.41, 5.74) is -0.320. The molecule has 104 valence electrons. The van der Waals surface area contributed by atoms with Crippen molar-refractivity contribution in [2.75, 3.05) is 0 Å². The maximum absolute atomic E-state index is 11.8. The van der Waals surface area contributed by atoms with Gasteiger partial charge in [0, 0.05) is 6.08 Å². The molecule has 0 radical (unpaired) electrons. The topological polar surface area (TPSA) is 112 Å². The molecule has 1 aliphatic rings. The van der Waals surface area contributed by atoms with Crippen molar-refractivity contribution >= 4 is 23.8 Å². The summed E-state index contributed by atoms with van der Waals surface area (Å²) < 4.78 is 0. The molecule has 0 saturated heterocycles. The maximum atomic E-state index is 11.8. The molecule has 0 aromatic rings. The summed E-state index contributed by atoms with van der Waals surface area (Å²) in [6.45, 7) is 3.37. The van der Waals surface area contributed by atoms with Gasteiger partial charge in [-0.2, -0.15) is 0 Å². The van der Waals surface area contributed by atoms with Gasteiger partial charge in [-0.25, -0.2) is 9.59 Å². The third-order valence-corrected chi connectivity index (χ3v) is 3.13. The standard InChI is InChI=1S/C12H15NO6/c1-3-6(2)10(12(18)19)13-8(14)4-7(11(16)17)5-9(13)15/h4,6,10H,3,5H2,1-2H3,(H,16,17)(H,18,19). The van der Waals surface area contributed by atoms with Crippen LogP contribution in [0.5, 0.6) is 0 Å². The fourth-order valence-electron chi connectivity index (χ4n) is 1.90. The van der Waals surface area contributed by atoms with Gasteiger partial charge in [0.2, 0.25) is 5.91 Å². The van der Waals surface area contributed by atoms with E-state index >= 15 is 0 Å². The molecule has 2 N–H and O–H groups in total. The van der Waals surface area contributed by atoms with E-state index in [1.807, 2.05) is 0 Å². The molecule has 0 spiro atoms. The fraction of sp³-hybridized carbons (Fsp3) is 0.500. The Kier molecular flexibility index (Phi) is 4.42. The second kappa shape index (κ2) is 5.64. The van der Waals surface area contributed by atoms with E-state index in [1.165, 1.54) is 0 Å². The number of carboxylic acid groups (broad SMARTS) is 2. The highest BCUT2D eigenvalue weighted by molar-refractivity contribution is 6.12. The largest absolute Gasteiger partial charge is 0.480 e. The Bertz CT molecular complexity index is 467. The first-order valence-corrected chi connectivity index (χ1v) is 5.82. The van der Waals surface area contributed by atoms with E-state index in [4.69, 9.17) is 10.2 Å². The number of imide groups is 1. The van der Waals surface area contributed by atoms with Gasteiger partial charge in [0.1, 0.15) is 6.04 Å². The lowest BCUT2D eigenvalue weighted by molar-refractivity contribution is -0.159. The predicted molar refractivity (Wildman–Crippen MR) is 63.1 cm³/mol. The third kappa shape index (κ3) is 2.98. The van der Waals surface area contributed by atoms with Gasteiger partial charge in [-0.3, -0.25) is 14.5 Å². The number of hydrogen-bond acceptors (Lipinski definition) is 4. The molecule has 0 bridgehead atoms. The number of carbonyl (C=O) groups is 4. The van der Waals surface area contributed by atoms with Gasteiger partial charge in [-0.1, -0.05) is 20.3 Å². The van der Waals surface area contributed by atoms with Gasteiger partial charge in [0.15, 0.2) is 0 Å². The zero-order chi connectivity index (χ0) is 14.7. The first-order chi connectivity index (χ1) is 8.79. The van der Waals surface area contributed by atoms with Crippen LogP contribution in [0.3, 0.4) is 0 Å². The van der Waals surface area contributed by atoms with E-state index in [1.54, 1.807) is 13.8 Å². The summed E-state index contributed by atoms with van der Waals surface area (Å²) in [5, 5.41) is 17.9. The number of rotatable bonds is 5.